The van der Waals surface area contributed by atoms with Crippen LogP contribution in [-0.4, -0.2) is 54.9 Å². The molecule has 1 aromatic heterocycles. The number of hydrogen-bond acceptors (Lipinski definition) is 6. The Morgan fingerprint density at radius 1 is 1.18 bits per heavy atom. The van der Waals surface area contributed by atoms with Crippen LogP contribution in [0.1, 0.15) is 34.5 Å². The first kappa shape index (κ1) is 18.5. The zero-order chi connectivity index (χ0) is 19.7. The van der Waals surface area contributed by atoms with E-state index >= 15 is 0 Å². The number of ether oxygens (including phenoxy) is 3. The molecule has 2 aromatic rings. The van der Waals surface area contributed by atoms with Gasteiger partial charge in [-0.25, -0.2) is 5.10 Å². The average Bonchev–Trinajstić information content (AvgIpc) is 2.74. The third kappa shape index (κ3) is 3.13. The van der Waals surface area contributed by atoms with Crippen LogP contribution in [0.4, 0.5) is 0 Å². The lowest BCUT2D eigenvalue weighted by Gasteiger charge is -2.45. The number of piperidine rings is 1. The molecule has 148 valence electrons. The number of rotatable bonds is 3. The van der Waals surface area contributed by atoms with E-state index in [0.717, 1.165) is 17.7 Å². The molecule has 1 amide bonds. The summed E-state index contributed by atoms with van der Waals surface area (Å²) in [6.07, 6.45) is 2.19. The van der Waals surface area contributed by atoms with Crippen molar-refractivity contribution < 1.29 is 19.0 Å². The summed E-state index contributed by atoms with van der Waals surface area (Å²) in [6.45, 7) is 1.73. The largest absolute Gasteiger partial charge is 0.493 e. The zero-order valence-electron chi connectivity index (χ0n) is 16.0. The summed E-state index contributed by atoms with van der Waals surface area (Å²) < 4.78 is 17.2. The number of aromatic amines is 1. The second-order valence-electron chi connectivity index (χ2n) is 7.06. The minimum absolute atomic E-state index is 0.186. The fraction of sp³-hybridized carbons (Fsp3) is 0.450. The minimum Gasteiger partial charge on any atom is -0.493 e. The fourth-order valence-electron chi connectivity index (χ4n) is 4.10. The average molecular weight is 385 g/mol. The molecule has 1 fully saturated rings. The monoisotopic (exact) mass is 385 g/mol. The lowest BCUT2D eigenvalue weighted by atomic mass is 9.79. The summed E-state index contributed by atoms with van der Waals surface area (Å²) in [5, 5.41) is 6.15. The van der Waals surface area contributed by atoms with Crippen LogP contribution in [0.25, 0.3) is 0 Å². The Morgan fingerprint density at radius 3 is 2.54 bits per heavy atom. The Kier molecular flexibility index (Phi) is 4.80. The number of aromatic nitrogens is 2. The molecule has 0 bridgehead atoms. The summed E-state index contributed by atoms with van der Waals surface area (Å²) in [7, 11) is 3.26. The molecule has 1 N–H and O–H groups in total. The number of hydrogen-bond donors (Lipinski definition) is 1. The molecule has 1 spiro atoms. The predicted octanol–water partition coefficient (Wildman–Crippen LogP) is 1.49. The van der Waals surface area contributed by atoms with E-state index in [0.29, 0.717) is 38.3 Å². The number of amides is 1. The maximum atomic E-state index is 12.7. The normalized spacial score (nSPS) is 17.9. The number of likely N-dealkylation sites (tertiary alicyclic amines) is 1. The van der Waals surface area contributed by atoms with Crippen molar-refractivity contribution in [3.8, 4) is 11.5 Å². The summed E-state index contributed by atoms with van der Waals surface area (Å²) in [5.41, 5.74) is 1.80. The smallest absolute Gasteiger partial charge is 0.274 e. The summed E-state index contributed by atoms with van der Waals surface area (Å²) in [6, 6.07) is 6.80. The summed E-state index contributed by atoms with van der Waals surface area (Å²) in [5.74, 6) is 1.21. The predicted molar refractivity (Wildman–Crippen MR) is 101 cm³/mol. The molecule has 28 heavy (non-hydrogen) atoms. The first-order valence-electron chi connectivity index (χ1n) is 9.31. The van der Waals surface area contributed by atoms with Crippen molar-refractivity contribution in [3.63, 3.8) is 0 Å². The van der Waals surface area contributed by atoms with Gasteiger partial charge in [0.2, 0.25) is 0 Å². The van der Waals surface area contributed by atoms with Crippen molar-refractivity contribution in [3.05, 3.63) is 51.4 Å². The number of nitrogens with one attached hydrogen (secondary N) is 1. The molecule has 0 radical (unpaired) electrons. The van der Waals surface area contributed by atoms with Crippen LogP contribution in [0.2, 0.25) is 0 Å². The number of nitrogens with zero attached hydrogens (tertiary/aromatic N) is 2. The highest BCUT2D eigenvalue weighted by Gasteiger charge is 2.42. The van der Waals surface area contributed by atoms with E-state index in [1.807, 2.05) is 12.1 Å². The van der Waals surface area contributed by atoms with E-state index in [1.165, 1.54) is 17.7 Å². The maximum Gasteiger partial charge on any atom is 0.274 e. The molecule has 8 nitrogen and oxygen atoms in total. The molecule has 0 aliphatic carbocycles. The highest BCUT2D eigenvalue weighted by atomic mass is 16.5. The number of fused-ring (bicyclic) bond motifs is 2. The van der Waals surface area contributed by atoms with Gasteiger partial charge in [-0.15, -0.1) is 0 Å². The molecule has 2 aliphatic heterocycles. The number of H-pyrrole nitrogens is 1. The second-order valence-corrected chi connectivity index (χ2v) is 7.06. The number of benzene rings is 1. The quantitative estimate of drug-likeness (QED) is 0.860. The Hall–Kier alpha value is -2.87. The minimum atomic E-state index is -0.428. The SMILES string of the molecule is COc1cc2c(cc1OC)C1(CCN(C(=O)c3ccc(=O)[nH]n3)CC1)OCC2. The van der Waals surface area contributed by atoms with Crippen molar-refractivity contribution in [2.24, 2.45) is 0 Å². The van der Waals surface area contributed by atoms with Crippen molar-refractivity contribution in [2.45, 2.75) is 24.9 Å². The van der Waals surface area contributed by atoms with Crippen LogP contribution < -0.4 is 15.0 Å². The van der Waals surface area contributed by atoms with Gasteiger partial charge >= 0.3 is 0 Å². The van der Waals surface area contributed by atoms with Gasteiger partial charge < -0.3 is 19.1 Å². The Bertz CT molecular complexity index is 927. The van der Waals surface area contributed by atoms with Crippen LogP contribution >= 0.6 is 0 Å². The number of methoxy groups -OCH3 is 2. The van der Waals surface area contributed by atoms with Crippen molar-refractivity contribution in [1.29, 1.82) is 0 Å². The van der Waals surface area contributed by atoms with Crippen LogP contribution in [0.15, 0.2) is 29.1 Å². The van der Waals surface area contributed by atoms with Gasteiger partial charge in [-0.3, -0.25) is 9.59 Å². The number of carbonyl (C=O) groups is 1. The molecular formula is C20H23N3O5. The van der Waals surface area contributed by atoms with E-state index in [1.54, 1.807) is 19.1 Å². The molecule has 0 atom stereocenters. The van der Waals surface area contributed by atoms with Crippen LogP contribution in [-0.2, 0) is 16.8 Å². The summed E-state index contributed by atoms with van der Waals surface area (Å²) in [4.78, 5) is 25.6. The standard InChI is InChI=1S/C20H23N3O5/c1-26-16-11-13-5-10-28-20(14(13)12-17(16)27-2)6-8-23(9-7-20)19(25)15-3-4-18(24)22-21-15/h3-4,11-12H,5-10H2,1-2H3,(H,22,24). The van der Waals surface area contributed by atoms with E-state index < -0.39 is 5.60 Å². The fourth-order valence-corrected chi connectivity index (χ4v) is 4.10. The maximum absolute atomic E-state index is 12.7. The number of carbonyl (C=O) groups excluding carboxylic acids is 1. The topological polar surface area (TPSA) is 93.8 Å². The third-order valence-corrected chi connectivity index (χ3v) is 5.61. The van der Waals surface area contributed by atoms with Crippen LogP contribution in [0.3, 0.4) is 0 Å². The lowest BCUT2D eigenvalue weighted by molar-refractivity contribution is -0.0937. The second kappa shape index (κ2) is 7.27. The zero-order valence-corrected chi connectivity index (χ0v) is 16.0. The van der Waals surface area contributed by atoms with Gasteiger partial charge in [0, 0.05) is 19.2 Å². The molecular weight excluding hydrogens is 362 g/mol. The van der Waals surface area contributed by atoms with E-state index in [9.17, 15) is 9.59 Å². The van der Waals surface area contributed by atoms with Gasteiger partial charge in [0.15, 0.2) is 11.5 Å². The van der Waals surface area contributed by atoms with E-state index in [2.05, 4.69) is 10.2 Å². The lowest BCUT2D eigenvalue weighted by Crippen LogP contribution is -2.48. The first-order chi connectivity index (χ1) is 13.6. The Balaban J connectivity index is 1.57. The highest BCUT2D eigenvalue weighted by molar-refractivity contribution is 5.92. The van der Waals surface area contributed by atoms with Gasteiger partial charge in [0.1, 0.15) is 5.69 Å². The molecule has 0 saturated carbocycles. The van der Waals surface area contributed by atoms with Crippen molar-refractivity contribution >= 4 is 5.91 Å². The van der Waals surface area contributed by atoms with Gasteiger partial charge in [0.05, 0.1) is 26.4 Å². The molecule has 0 unspecified atom stereocenters. The van der Waals surface area contributed by atoms with E-state index in [-0.39, 0.29) is 17.2 Å². The Labute approximate surface area is 162 Å². The highest BCUT2D eigenvalue weighted by Crippen LogP contribution is 2.45. The van der Waals surface area contributed by atoms with E-state index in [4.69, 9.17) is 14.2 Å². The van der Waals surface area contributed by atoms with Crippen molar-refractivity contribution in [2.75, 3.05) is 33.9 Å². The Morgan fingerprint density at radius 2 is 1.89 bits per heavy atom. The van der Waals surface area contributed by atoms with Gasteiger partial charge in [-0.05, 0) is 48.6 Å². The molecule has 3 heterocycles. The third-order valence-electron chi connectivity index (χ3n) is 5.61. The van der Waals surface area contributed by atoms with Crippen LogP contribution in [0.5, 0.6) is 11.5 Å². The van der Waals surface area contributed by atoms with Gasteiger partial charge in [-0.2, -0.15) is 5.10 Å². The summed E-state index contributed by atoms with van der Waals surface area (Å²) >= 11 is 0. The molecule has 8 heteroatoms. The van der Waals surface area contributed by atoms with Crippen LogP contribution in [0, 0.1) is 0 Å². The van der Waals surface area contributed by atoms with Crippen molar-refractivity contribution in [1.82, 2.24) is 15.1 Å². The van der Waals surface area contributed by atoms with Gasteiger partial charge in [-0.1, -0.05) is 0 Å². The molecule has 2 aliphatic rings. The molecule has 1 aromatic carbocycles. The molecule has 4 rings (SSSR count). The first-order valence-corrected chi connectivity index (χ1v) is 9.31. The molecule has 1 saturated heterocycles. The van der Waals surface area contributed by atoms with Gasteiger partial charge in [0.25, 0.3) is 11.5 Å².